The summed E-state index contributed by atoms with van der Waals surface area (Å²) in [7, 11) is 0. The van der Waals surface area contributed by atoms with E-state index in [1.54, 1.807) is 24.3 Å². The lowest BCUT2D eigenvalue weighted by Crippen LogP contribution is -2.41. The standard InChI is InChI=1S/C17H24N4O3/c1-3-12(2)15(11-22)18-16(23)9-6-10-21-17(24)13-7-4-5-8-14(13)19-20-21/h4-5,7-8,12,15,22H,3,6,9-11H2,1-2H3,(H,18,23). The second-order valence-corrected chi connectivity index (χ2v) is 5.98. The third-order valence-electron chi connectivity index (χ3n) is 4.28. The lowest BCUT2D eigenvalue weighted by Gasteiger charge is -2.22. The van der Waals surface area contributed by atoms with Gasteiger partial charge in [0.1, 0.15) is 5.52 Å². The lowest BCUT2D eigenvalue weighted by molar-refractivity contribution is -0.122. The number of benzene rings is 1. The van der Waals surface area contributed by atoms with Crippen LogP contribution in [0.2, 0.25) is 0 Å². The molecule has 2 unspecified atom stereocenters. The maximum Gasteiger partial charge on any atom is 0.277 e. The van der Waals surface area contributed by atoms with E-state index in [4.69, 9.17) is 0 Å². The molecule has 1 heterocycles. The number of rotatable bonds is 8. The molecular formula is C17H24N4O3. The fraction of sp³-hybridized carbons (Fsp3) is 0.529. The van der Waals surface area contributed by atoms with Crippen molar-refractivity contribution in [2.24, 2.45) is 5.92 Å². The van der Waals surface area contributed by atoms with Gasteiger partial charge in [0.2, 0.25) is 5.91 Å². The number of aromatic nitrogens is 3. The molecule has 1 aromatic heterocycles. The van der Waals surface area contributed by atoms with Gasteiger partial charge in [0.15, 0.2) is 0 Å². The van der Waals surface area contributed by atoms with E-state index in [2.05, 4.69) is 15.6 Å². The van der Waals surface area contributed by atoms with E-state index in [1.165, 1.54) is 4.68 Å². The number of fused-ring (bicyclic) bond motifs is 1. The summed E-state index contributed by atoms with van der Waals surface area (Å²) in [5.74, 6) is 0.0871. The molecule has 0 fully saturated rings. The van der Waals surface area contributed by atoms with Crippen LogP contribution in [-0.2, 0) is 11.3 Å². The maximum atomic E-state index is 12.3. The van der Waals surface area contributed by atoms with Crippen molar-refractivity contribution in [2.45, 2.75) is 45.7 Å². The molecule has 0 spiro atoms. The number of aliphatic hydroxyl groups excluding tert-OH is 1. The number of amides is 1. The zero-order valence-electron chi connectivity index (χ0n) is 14.1. The zero-order chi connectivity index (χ0) is 17.5. The van der Waals surface area contributed by atoms with Crippen molar-refractivity contribution in [3.05, 3.63) is 34.6 Å². The Morgan fingerprint density at radius 1 is 1.38 bits per heavy atom. The van der Waals surface area contributed by atoms with Crippen LogP contribution in [0.1, 0.15) is 33.1 Å². The number of carbonyl (C=O) groups is 1. The van der Waals surface area contributed by atoms with Gasteiger partial charge in [0, 0.05) is 13.0 Å². The van der Waals surface area contributed by atoms with E-state index in [0.717, 1.165) is 6.42 Å². The molecule has 0 radical (unpaired) electrons. The van der Waals surface area contributed by atoms with Gasteiger partial charge in [-0.2, -0.15) is 0 Å². The van der Waals surface area contributed by atoms with Gasteiger partial charge in [-0.15, -0.1) is 5.10 Å². The maximum absolute atomic E-state index is 12.3. The molecule has 2 atom stereocenters. The van der Waals surface area contributed by atoms with E-state index in [1.807, 2.05) is 13.8 Å². The Morgan fingerprint density at radius 3 is 2.83 bits per heavy atom. The molecule has 0 aliphatic carbocycles. The van der Waals surface area contributed by atoms with Crippen LogP contribution in [0.5, 0.6) is 0 Å². The fourth-order valence-electron chi connectivity index (χ4n) is 2.49. The number of aliphatic hydroxyl groups is 1. The monoisotopic (exact) mass is 332 g/mol. The Bertz CT molecular complexity index is 744. The Morgan fingerprint density at radius 2 is 2.12 bits per heavy atom. The molecule has 2 N–H and O–H groups in total. The minimum atomic E-state index is -0.231. The number of hydrogen-bond acceptors (Lipinski definition) is 5. The quantitative estimate of drug-likeness (QED) is 0.754. The predicted molar refractivity (Wildman–Crippen MR) is 91.5 cm³/mol. The molecule has 0 aliphatic heterocycles. The predicted octanol–water partition coefficient (Wildman–Crippen LogP) is 1.09. The van der Waals surface area contributed by atoms with Gasteiger partial charge in [-0.3, -0.25) is 9.59 Å². The molecule has 2 aromatic rings. The van der Waals surface area contributed by atoms with Crippen molar-refractivity contribution >= 4 is 16.8 Å². The van der Waals surface area contributed by atoms with Gasteiger partial charge < -0.3 is 10.4 Å². The molecule has 1 amide bonds. The van der Waals surface area contributed by atoms with E-state index < -0.39 is 0 Å². The first-order chi connectivity index (χ1) is 11.6. The molecule has 7 heteroatoms. The highest BCUT2D eigenvalue weighted by atomic mass is 16.3. The second-order valence-electron chi connectivity index (χ2n) is 5.98. The molecule has 0 saturated heterocycles. The Balaban J connectivity index is 1.91. The van der Waals surface area contributed by atoms with E-state index in [0.29, 0.717) is 23.9 Å². The van der Waals surface area contributed by atoms with Crippen LogP contribution in [0.4, 0.5) is 0 Å². The van der Waals surface area contributed by atoms with Crippen molar-refractivity contribution in [1.82, 2.24) is 20.3 Å². The van der Waals surface area contributed by atoms with Crippen molar-refractivity contribution in [3.63, 3.8) is 0 Å². The SMILES string of the molecule is CCC(C)C(CO)NC(=O)CCCn1nnc2ccccc2c1=O. The largest absolute Gasteiger partial charge is 0.394 e. The average Bonchev–Trinajstić information content (AvgIpc) is 2.61. The topological polar surface area (TPSA) is 97.1 Å². The van der Waals surface area contributed by atoms with Gasteiger partial charge in [0.05, 0.1) is 18.0 Å². The Labute approximate surface area is 140 Å². The fourth-order valence-corrected chi connectivity index (χ4v) is 2.49. The summed E-state index contributed by atoms with van der Waals surface area (Å²) in [6.45, 7) is 4.27. The van der Waals surface area contributed by atoms with Crippen molar-refractivity contribution in [3.8, 4) is 0 Å². The first-order valence-electron chi connectivity index (χ1n) is 8.29. The van der Waals surface area contributed by atoms with Crippen LogP contribution in [-0.4, -0.2) is 38.7 Å². The van der Waals surface area contributed by atoms with Gasteiger partial charge in [0.25, 0.3) is 5.56 Å². The summed E-state index contributed by atoms with van der Waals surface area (Å²) in [4.78, 5) is 24.3. The highest BCUT2D eigenvalue weighted by Crippen LogP contribution is 2.08. The highest BCUT2D eigenvalue weighted by molar-refractivity contribution is 5.77. The van der Waals surface area contributed by atoms with Crippen LogP contribution in [0.25, 0.3) is 10.9 Å². The van der Waals surface area contributed by atoms with Crippen LogP contribution in [0.3, 0.4) is 0 Å². The summed E-state index contributed by atoms with van der Waals surface area (Å²) in [5, 5.41) is 20.6. The van der Waals surface area contributed by atoms with Gasteiger partial charge in [-0.1, -0.05) is 37.6 Å². The van der Waals surface area contributed by atoms with E-state index in [-0.39, 0.29) is 36.5 Å². The van der Waals surface area contributed by atoms with Gasteiger partial charge >= 0.3 is 0 Å². The third-order valence-corrected chi connectivity index (χ3v) is 4.28. The number of aryl methyl sites for hydroxylation is 1. The first kappa shape index (κ1) is 18.1. The van der Waals surface area contributed by atoms with Gasteiger partial charge in [-0.25, -0.2) is 4.68 Å². The number of nitrogens with one attached hydrogen (secondary N) is 1. The normalized spacial score (nSPS) is 13.6. The summed E-state index contributed by atoms with van der Waals surface area (Å²) in [5.41, 5.74) is 0.365. The molecule has 24 heavy (non-hydrogen) atoms. The molecule has 0 aliphatic rings. The molecule has 130 valence electrons. The third kappa shape index (κ3) is 4.38. The average molecular weight is 332 g/mol. The molecule has 0 bridgehead atoms. The van der Waals surface area contributed by atoms with Crippen LogP contribution in [0.15, 0.2) is 29.1 Å². The van der Waals surface area contributed by atoms with Gasteiger partial charge in [-0.05, 0) is 24.5 Å². The lowest BCUT2D eigenvalue weighted by atomic mass is 10.00. The molecule has 1 aromatic carbocycles. The Kier molecular flexibility index (Phi) is 6.43. The van der Waals surface area contributed by atoms with Crippen molar-refractivity contribution in [1.29, 1.82) is 0 Å². The van der Waals surface area contributed by atoms with Crippen molar-refractivity contribution in [2.75, 3.05) is 6.61 Å². The van der Waals surface area contributed by atoms with Crippen LogP contribution >= 0.6 is 0 Å². The van der Waals surface area contributed by atoms with E-state index in [9.17, 15) is 14.7 Å². The first-order valence-corrected chi connectivity index (χ1v) is 8.29. The second kappa shape index (κ2) is 8.54. The number of hydrogen-bond donors (Lipinski definition) is 2. The smallest absolute Gasteiger partial charge is 0.277 e. The van der Waals surface area contributed by atoms with E-state index >= 15 is 0 Å². The van der Waals surface area contributed by atoms with Crippen LogP contribution < -0.4 is 10.9 Å². The zero-order valence-corrected chi connectivity index (χ0v) is 14.1. The summed E-state index contributed by atoms with van der Waals surface area (Å²) >= 11 is 0. The van der Waals surface area contributed by atoms with Crippen molar-refractivity contribution < 1.29 is 9.90 Å². The minimum absolute atomic E-state index is 0.0731. The molecule has 7 nitrogen and oxygen atoms in total. The summed E-state index contributed by atoms with van der Waals surface area (Å²) < 4.78 is 1.29. The number of carbonyl (C=O) groups excluding carboxylic acids is 1. The summed E-state index contributed by atoms with van der Waals surface area (Å²) in [6.07, 6.45) is 1.64. The minimum Gasteiger partial charge on any atom is -0.394 e. The number of nitrogens with zero attached hydrogens (tertiary/aromatic N) is 3. The molecule has 2 rings (SSSR count). The van der Waals surface area contributed by atoms with Crippen LogP contribution in [0, 0.1) is 5.92 Å². The molecule has 0 saturated carbocycles. The highest BCUT2D eigenvalue weighted by Gasteiger charge is 2.17. The molecular weight excluding hydrogens is 308 g/mol. The summed E-state index contributed by atoms with van der Waals surface area (Å²) in [6, 6.07) is 6.82. The Hall–Kier alpha value is -2.28.